The van der Waals surface area contributed by atoms with Gasteiger partial charge in [0.15, 0.2) is 0 Å². The molecule has 0 spiro atoms. The number of nitrogens with zero attached hydrogens (tertiary/aromatic N) is 1. The van der Waals surface area contributed by atoms with Gasteiger partial charge in [0.05, 0.1) is 6.04 Å². The van der Waals surface area contributed by atoms with Crippen molar-refractivity contribution >= 4 is 5.91 Å². The lowest BCUT2D eigenvalue weighted by Crippen LogP contribution is -2.41. The van der Waals surface area contributed by atoms with Gasteiger partial charge >= 0.3 is 0 Å². The molecule has 32 heavy (non-hydrogen) atoms. The molecule has 3 aromatic carbocycles. The number of carbonyl (C=O) groups is 1. The second-order valence-corrected chi connectivity index (χ2v) is 9.56. The SMILES string of the molecule is CC1(C)C[C@H](NC(=O)c2ccc(CN3CCc4ccccc4C3)cc2)c2ccccc2O1. The van der Waals surface area contributed by atoms with Gasteiger partial charge in [-0.1, -0.05) is 54.6 Å². The van der Waals surface area contributed by atoms with Crippen LogP contribution in [0.3, 0.4) is 0 Å². The van der Waals surface area contributed by atoms with Crippen LogP contribution in [0.2, 0.25) is 0 Å². The van der Waals surface area contributed by atoms with Gasteiger partial charge in [0.25, 0.3) is 5.91 Å². The van der Waals surface area contributed by atoms with Gasteiger partial charge in [0.1, 0.15) is 11.4 Å². The fourth-order valence-electron chi connectivity index (χ4n) is 4.88. The Hall–Kier alpha value is -3.11. The molecule has 0 radical (unpaired) electrons. The summed E-state index contributed by atoms with van der Waals surface area (Å²) in [5.74, 6) is 0.813. The highest BCUT2D eigenvalue weighted by Crippen LogP contribution is 2.39. The van der Waals surface area contributed by atoms with Crippen molar-refractivity contribution in [3.8, 4) is 5.75 Å². The maximum Gasteiger partial charge on any atom is 0.251 e. The van der Waals surface area contributed by atoms with Crippen molar-refractivity contribution in [2.75, 3.05) is 6.54 Å². The van der Waals surface area contributed by atoms with Gasteiger partial charge in [-0.15, -0.1) is 0 Å². The molecule has 0 aromatic heterocycles. The van der Waals surface area contributed by atoms with E-state index in [4.69, 9.17) is 4.74 Å². The zero-order valence-electron chi connectivity index (χ0n) is 18.8. The third-order valence-electron chi connectivity index (χ3n) is 6.51. The first-order valence-corrected chi connectivity index (χ1v) is 11.4. The third-order valence-corrected chi connectivity index (χ3v) is 6.51. The lowest BCUT2D eigenvalue weighted by atomic mass is 9.89. The molecule has 0 bridgehead atoms. The average Bonchev–Trinajstić information content (AvgIpc) is 2.79. The number of hydrogen-bond acceptors (Lipinski definition) is 3. The molecule has 3 aromatic rings. The van der Waals surface area contributed by atoms with Gasteiger partial charge in [-0.25, -0.2) is 0 Å². The molecule has 2 heterocycles. The largest absolute Gasteiger partial charge is 0.487 e. The molecule has 1 atom stereocenters. The predicted molar refractivity (Wildman–Crippen MR) is 127 cm³/mol. The fourth-order valence-corrected chi connectivity index (χ4v) is 4.88. The van der Waals surface area contributed by atoms with Crippen LogP contribution in [0.5, 0.6) is 5.75 Å². The Labute approximate surface area is 190 Å². The number of nitrogens with one attached hydrogen (secondary N) is 1. The molecule has 1 N–H and O–H groups in total. The van der Waals surface area contributed by atoms with E-state index in [2.05, 4.69) is 60.5 Å². The zero-order chi connectivity index (χ0) is 22.1. The van der Waals surface area contributed by atoms with Crippen LogP contribution in [-0.4, -0.2) is 23.0 Å². The molecule has 4 nitrogen and oxygen atoms in total. The Morgan fingerprint density at radius 2 is 1.72 bits per heavy atom. The summed E-state index contributed by atoms with van der Waals surface area (Å²) in [6.45, 7) is 7.08. The summed E-state index contributed by atoms with van der Waals surface area (Å²) in [5.41, 5.74) is 5.55. The number of hydrogen-bond donors (Lipinski definition) is 1. The maximum absolute atomic E-state index is 13.0. The number of fused-ring (bicyclic) bond motifs is 2. The molecule has 0 saturated heterocycles. The number of para-hydroxylation sites is 1. The smallest absolute Gasteiger partial charge is 0.251 e. The number of carbonyl (C=O) groups excluding carboxylic acids is 1. The molecule has 164 valence electrons. The van der Waals surface area contributed by atoms with Crippen molar-refractivity contribution in [1.29, 1.82) is 0 Å². The van der Waals surface area contributed by atoms with Crippen LogP contribution in [0.1, 0.15) is 58.9 Å². The van der Waals surface area contributed by atoms with Gasteiger partial charge in [0.2, 0.25) is 0 Å². The number of amides is 1. The molecular weight excluding hydrogens is 396 g/mol. The van der Waals surface area contributed by atoms with Crippen LogP contribution < -0.4 is 10.1 Å². The van der Waals surface area contributed by atoms with Crippen molar-refractivity contribution in [2.45, 2.75) is 51.4 Å². The molecule has 0 unspecified atom stereocenters. The lowest BCUT2D eigenvalue weighted by molar-refractivity contribution is 0.0619. The van der Waals surface area contributed by atoms with Crippen LogP contribution in [-0.2, 0) is 19.5 Å². The number of benzene rings is 3. The van der Waals surface area contributed by atoms with Crippen LogP contribution in [0.15, 0.2) is 72.8 Å². The summed E-state index contributed by atoms with van der Waals surface area (Å²) in [4.78, 5) is 15.5. The molecule has 5 rings (SSSR count). The number of ether oxygens (including phenoxy) is 1. The van der Waals surface area contributed by atoms with Crippen molar-refractivity contribution in [3.63, 3.8) is 0 Å². The van der Waals surface area contributed by atoms with Crippen molar-refractivity contribution < 1.29 is 9.53 Å². The molecule has 2 aliphatic heterocycles. The molecule has 2 aliphatic rings. The quantitative estimate of drug-likeness (QED) is 0.617. The minimum absolute atomic E-state index is 0.0408. The Bertz CT molecular complexity index is 1120. The first-order chi connectivity index (χ1) is 15.5. The van der Waals surface area contributed by atoms with E-state index in [1.165, 1.54) is 16.7 Å². The van der Waals surface area contributed by atoms with Crippen LogP contribution in [0.4, 0.5) is 0 Å². The fraction of sp³-hybridized carbons (Fsp3) is 0.321. The second-order valence-electron chi connectivity index (χ2n) is 9.56. The van der Waals surface area contributed by atoms with E-state index in [-0.39, 0.29) is 17.6 Å². The third kappa shape index (κ3) is 4.42. The van der Waals surface area contributed by atoms with E-state index in [0.29, 0.717) is 5.56 Å². The van der Waals surface area contributed by atoms with Gasteiger partial charge in [-0.05, 0) is 55.2 Å². The van der Waals surface area contributed by atoms with Gasteiger partial charge < -0.3 is 10.1 Å². The normalized spacial score (nSPS) is 19.4. The maximum atomic E-state index is 13.0. The zero-order valence-corrected chi connectivity index (χ0v) is 18.8. The Morgan fingerprint density at radius 3 is 2.53 bits per heavy atom. The molecule has 0 fully saturated rings. The van der Waals surface area contributed by atoms with Crippen LogP contribution in [0.25, 0.3) is 0 Å². The summed E-state index contributed by atoms with van der Waals surface area (Å²) in [6, 6.07) is 24.7. The first-order valence-electron chi connectivity index (χ1n) is 11.4. The predicted octanol–water partition coefficient (Wildman–Crippen LogP) is 5.28. The highest BCUT2D eigenvalue weighted by molar-refractivity contribution is 5.94. The van der Waals surface area contributed by atoms with Gasteiger partial charge in [-0.3, -0.25) is 9.69 Å². The number of rotatable bonds is 4. The van der Waals surface area contributed by atoms with Crippen LogP contribution in [0, 0.1) is 0 Å². The molecule has 4 heteroatoms. The van der Waals surface area contributed by atoms with E-state index in [0.717, 1.165) is 43.8 Å². The molecule has 1 amide bonds. The minimum Gasteiger partial charge on any atom is -0.487 e. The van der Waals surface area contributed by atoms with E-state index in [1.807, 2.05) is 36.4 Å². The highest BCUT2D eigenvalue weighted by atomic mass is 16.5. The van der Waals surface area contributed by atoms with Gasteiger partial charge in [0, 0.05) is 37.2 Å². The summed E-state index contributed by atoms with van der Waals surface area (Å²) in [7, 11) is 0. The Morgan fingerprint density at radius 1 is 1.00 bits per heavy atom. The van der Waals surface area contributed by atoms with Crippen molar-refractivity contribution in [2.24, 2.45) is 0 Å². The van der Waals surface area contributed by atoms with Crippen molar-refractivity contribution in [3.05, 3.63) is 101 Å². The Kier molecular flexibility index (Phi) is 5.48. The van der Waals surface area contributed by atoms with E-state index in [1.54, 1.807) is 0 Å². The summed E-state index contributed by atoms with van der Waals surface area (Å²) >= 11 is 0. The van der Waals surface area contributed by atoms with E-state index >= 15 is 0 Å². The van der Waals surface area contributed by atoms with E-state index < -0.39 is 0 Å². The Balaban J connectivity index is 1.24. The second kappa shape index (κ2) is 8.44. The molecule has 0 saturated carbocycles. The minimum atomic E-state index is -0.316. The molecular formula is C28H30N2O2. The standard InChI is InChI=1S/C28H30N2O2/c1-28(2)17-25(24-9-5-6-10-26(24)32-28)29-27(31)22-13-11-20(12-14-22)18-30-16-15-21-7-3-4-8-23(21)19-30/h3-14,25H,15-19H2,1-2H3,(H,29,31)/t25-/m0/s1. The summed E-state index contributed by atoms with van der Waals surface area (Å²) in [6.07, 6.45) is 1.84. The first kappa shape index (κ1) is 20.8. The summed E-state index contributed by atoms with van der Waals surface area (Å²) < 4.78 is 6.09. The highest BCUT2D eigenvalue weighted by Gasteiger charge is 2.34. The van der Waals surface area contributed by atoms with E-state index in [9.17, 15) is 4.79 Å². The lowest BCUT2D eigenvalue weighted by Gasteiger charge is -2.37. The summed E-state index contributed by atoms with van der Waals surface area (Å²) in [5, 5.41) is 3.23. The topological polar surface area (TPSA) is 41.6 Å². The van der Waals surface area contributed by atoms with Crippen molar-refractivity contribution in [1.82, 2.24) is 10.2 Å². The molecule has 0 aliphatic carbocycles. The van der Waals surface area contributed by atoms with Crippen LogP contribution >= 0.6 is 0 Å². The monoisotopic (exact) mass is 426 g/mol. The van der Waals surface area contributed by atoms with Gasteiger partial charge in [-0.2, -0.15) is 0 Å². The average molecular weight is 427 g/mol.